The summed E-state index contributed by atoms with van der Waals surface area (Å²) in [4.78, 5) is 0. The molecule has 0 saturated heterocycles. The fourth-order valence-corrected chi connectivity index (χ4v) is 1.52. The van der Waals surface area contributed by atoms with Crippen LogP contribution in [-0.4, -0.2) is 16.3 Å². The quantitative estimate of drug-likeness (QED) is 0.751. The van der Waals surface area contributed by atoms with Crippen LogP contribution in [0.2, 0.25) is 0 Å². The minimum absolute atomic E-state index is 0.116. The first-order valence-electron chi connectivity index (χ1n) is 5.07. The normalized spacial score (nSPS) is 10.9. The molecule has 1 aromatic heterocycles. The first-order valence-corrected chi connectivity index (χ1v) is 5.07. The molecule has 1 heterocycles. The van der Waals surface area contributed by atoms with Crippen LogP contribution in [-0.2, 0) is 0 Å². The predicted octanol–water partition coefficient (Wildman–Crippen LogP) is 2.73. The van der Waals surface area contributed by atoms with E-state index in [2.05, 4.69) is 10.2 Å². The molecule has 0 saturated carbocycles. The molecule has 0 amide bonds. The molecule has 0 aliphatic carbocycles. The average Bonchev–Trinajstić information content (AvgIpc) is 2.22. The van der Waals surface area contributed by atoms with E-state index in [1.807, 2.05) is 45.0 Å². The van der Waals surface area contributed by atoms with E-state index in [1.165, 1.54) is 0 Å². The van der Waals surface area contributed by atoms with E-state index in [-0.39, 0.29) is 6.10 Å². The lowest BCUT2D eigenvalue weighted by Gasteiger charge is -2.10. The van der Waals surface area contributed by atoms with Crippen molar-refractivity contribution in [2.45, 2.75) is 26.9 Å². The van der Waals surface area contributed by atoms with Crippen LogP contribution in [0.4, 0.5) is 0 Å². The lowest BCUT2D eigenvalue weighted by Crippen LogP contribution is -2.08. The first-order chi connectivity index (χ1) is 7.18. The van der Waals surface area contributed by atoms with E-state index in [4.69, 9.17) is 4.74 Å². The standard InChI is InChI=1S/C12H14N2O/c1-8(2)15-12-11-7-5-4-6-10(11)9(3)13-14-12/h4-8H,1-3H3. The lowest BCUT2D eigenvalue weighted by molar-refractivity contribution is 0.233. The molecule has 15 heavy (non-hydrogen) atoms. The Hall–Kier alpha value is -1.64. The highest BCUT2D eigenvalue weighted by molar-refractivity contribution is 5.88. The summed E-state index contributed by atoms with van der Waals surface area (Å²) in [5.41, 5.74) is 0.932. The second-order valence-electron chi connectivity index (χ2n) is 3.80. The van der Waals surface area contributed by atoms with Gasteiger partial charge in [0.1, 0.15) is 0 Å². The molecule has 0 atom stereocenters. The van der Waals surface area contributed by atoms with E-state index in [1.54, 1.807) is 0 Å². The van der Waals surface area contributed by atoms with Crippen LogP contribution < -0.4 is 4.74 Å². The molecule has 0 unspecified atom stereocenters. The second kappa shape index (κ2) is 3.85. The molecular weight excluding hydrogens is 188 g/mol. The fourth-order valence-electron chi connectivity index (χ4n) is 1.52. The highest BCUT2D eigenvalue weighted by atomic mass is 16.5. The zero-order valence-electron chi connectivity index (χ0n) is 9.19. The van der Waals surface area contributed by atoms with Gasteiger partial charge in [0, 0.05) is 10.8 Å². The molecule has 0 aliphatic heterocycles. The van der Waals surface area contributed by atoms with Gasteiger partial charge in [0.15, 0.2) is 0 Å². The fraction of sp³-hybridized carbons (Fsp3) is 0.333. The first kappa shape index (κ1) is 9.90. The van der Waals surface area contributed by atoms with Crippen molar-refractivity contribution < 1.29 is 4.74 Å². The molecule has 78 valence electrons. The van der Waals surface area contributed by atoms with E-state index in [9.17, 15) is 0 Å². The number of aromatic nitrogens is 2. The van der Waals surface area contributed by atoms with Crippen molar-refractivity contribution in [3.8, 4) is 5.88 Å². The van der Waals surface area contributed by atoms with Crippen LogP contribution >= 0.6 is 0 Å². The highest BCUT2D eigenvalue weighted by Gasteiger charge is 2.07. The second-order valence-corrected chi connectivity index (χ2v) is 3.80. The van der Waals surface area contributed by atoms with Crippen LogP contribution in [0.3, 0.4) is 0 Å². The summed E-state index contributed by atoms with van der Waals surface area (Å²) in [7, 11) is 0. The van der Waals surface area contributed by atoms with Gasteiger partial charge in [-0.3, -0.25) is 0 Å². The summed E-state index contributed by atoms with van der Waals surface area (Å²) in [6, 6.07) is 8.02. The summed E-state index contributed by atoms with van der Waals surface area (Å²) in [5, 5.41) is 10.3. The maximum absolute atomic E-state index is 5.61. The SMILES string of the molecule is Cc1nnc(OC(C)C)c2ccccc12. The molecule has 1 aromatic carbocycles. The summed E-state index contributed by atoms with van der Waals surface area (Å²) >= 11 is 0. The minimum Gasteiger partial charge on any atom is -0.473 e. The molecule has 0 radical (unpaired) electrons. The van der Waals surface area contributed by atoms with Gasteiger partial charge in [0.25, 0.3) is 0 Å². The summed E-state index contributed by atoms with van der Waals surface area (Å²) in [6.45, 7) is 5.92. The number of hydrogen-bond donors (Lipinski definition) is 0. The van der Waals surface area contributed by atoms with Crippen molar-refractivity contribution in [3.63, 3.8) is 0 Å². The smallest absolute Gasteiger partial charge is 0.241 e. The van der Waals surface area contributed by atoms with Crippen molar-refractivity contribution in [1.29, 1.82) is 0 Å². The molecule has 0 bridgehead atoms. The van der Waals surface area contributed by atoms with Crippen LogP contribution in [0.1, 0.15) is 19.5 Å². The van der Waals surface area contributed by atoms with Crippen molar-refractivity contribution in [3.05, 3.63) is 30.0 Å². The van der Waals surface area contributed by atoms with Gasteiger partial charge in [0.2, 0.25) is 5.88 Å². The molecule has 0 N–H and O–H groups in total. The molecule has 3 nitrogen and oxygen atoms in total. The third kappa shape index (κ3) is 1.91. The highest BCUT2D eigenvalue weighted by Crippen LogP contribution is 2.24. The number of hydrogen-bond acceptors (Lipinski definition) is 3. The molecule has 0 spiro atoms. The van der Waals surface area contributed by atoms with Gasteiger partial charge < -0.3 is 4.74 Å². The van der Waals surface area contributed by atoms with Crippen LogP contribution in [0.15, 0.2) is 24.3 Å². The van der Waals surface area contributed by atoms with Gasteiger partial charge in [-0.1, -0.05) is 18.2 Å². The Labute approximate surface area is 89.1 Å². The predicted molar refractivity (Wildman–Crippen MR) is 60.0 cm³/mol. The van der Waals surface area contributed by atoms with E-state index < -0.39 is 0 Å². The van der Waals surface area contributed by atoms with E-state index in [0.717, 1.165) is 16.5 Å². The number of fused-ring (bicyclic) bond motifs is 1. The van der Waals surface area contributed by atoms with Gasteiger partial charge in [-0.2, -0.15) is 5.10 Å². The number of ether oxygens (including phenoxy) is 1. The van der Waals surface area contributed by atoms with Gasteiger partial charge in [-0.15, -0.1) is 5.10 Å². The van der Waals surface area contributed by atoms with Gasteiger partial charge >= 0.3 is 0 Å². The topological polar surface area (TPSA) is 35.0 Å². The third-order valence-electron chi connectivity index (χ3n) is 2.19. The number of benzene rings is 1. The number of aryl methyl sites for hydroxylation is 1. The summed E-state index contributed by atoms with van der Waals surface area (Å²) in [5.74, 6) is 0.617. The molecule has 0 fully saturated rings. The Balaban J connectivity index is 2.61. The van der Waals surface area contributed by atoms with Gasteiger partial charge in [-0.05, 0) is 26.8 Å². The Morgan fingerprint density at radius 3 is 2.40 bits per heavy atom. The molecular formula is C12H14N2O. The molecule has 2 rings (SSSR count). The van der Waals surface area contributed by atoms with Crippen LogP contribution in [0.25, 0.3) is 10.8 Å². The average molecular weight is 202 g/mol. The van der Waals surface area contributed by atoms with Crippen molar-refractivity contribution >= 4 is 10.8 Å². The molecule has 2 aromatic rings. The zero-order valence-corrected chi connectivity index (χ0v) is 9.19. The maximum Gasteiger partial charge on any atom is 0.241 e. The number of rotatable bonds is 2. The third-order valence-corrected chi connectivity index (χ3v) is 2.19. The van der Waals surface area contributed by atoms with Crippen LogP contribution in [0, 0.1) is 6.92 Å². The van der Waals surface area contributed by atoms with Crippen molar-refractivity contribution in [2.75, 3.05) is 0 Å². The van der Waals surface area contributed by atoms with E-state index in [0.29, 0.717) is 5.88 Å². The minimum atomic E-state index is 0.116. The van der Waals surface area contributed by atoms with E-state index >= 15 is 0 Å². The molecule has 0 aliphatic rings. The monoisotopic (exact) mass is 202 g/mol. The zero-order chi connectivity index (χ0) is 10.8. The Kier molecular flexibility index (Phi) is 2.54. The Morgan fingerprint density at radius 1 is 1.07 bits per heavy atom. The molecule has 3 heteroatoms. The summed E-state index contributed by atoms with van der Waals surface area (Å²) < 4.78 is 5.61. The number of nitrogens with zero attached hydrogens (tertiary/aromatic N) is 2. The van der Waals surface area contributed by atoms with Gasteiger partial charge in [-0.25, -0.2) is 0 Å². The van der Waals surface area contributed by atoms with Crippen molar-refractivity contribution in [1.82, 2.24) is 10.2 Å². The summed E-state index contributed by atoms with van der Waals surface area (Å²) in [6.07, 6.45) is 0.116. The van der Waals surface area contributed by atoms with Gasteiger partial charge in [0.05, 0.1) is 11.8 Å². The lowest BCUT2D eigenvalue weighted by atomic mass is 10.1. The Morgan fingerprint density at radius 2 is 1.73 bits per heavy atom. The Bertz CT molecular complexity index is 480. The largest absolute Gasteiger partial charge is 0.473 e. The van der Waals surface area contributed by atoms with Crippen molar-refractivity contribution in [2.24, 2.45) is 0 Å². The maximum atomic E-state index is 5.61. The van der Waals surface area contributed by atoms with Crippen LogP contribution in [0.5, 0.6) is 5.88 Å².